The third kappa shape index (κ3) is 8.13. The molecule has 5 N–H and O–H groups in total. The first-order valence-electron chi connectivity index (χ1n) is 5.01. The number of carbonyl (C=O) groups is 2. The molecule has 1 aromatic carbocycles. The number of primary amides is 2. The summed E-state index contributed by atoms with van der Waals surface area (Å²) in [6, 6.07) is 5.21. The van der Waals surface area contributed by atoms with Gasteiger partial charge in [-0.3, -0.25) is 0 Å². The lowest BCUT2D eigenvalue weighted by atomic mass is 10.2. The van der Waals surface area contributed by atoms with E-state index < -0.39 is 12.2 Å². The molecule has 19 heavy (non-hydrogen) atoms. The van der Waals surface area contributed by atoms with E-state index >= 15 is 0 Å². The summed E-state index contributed by atoms with van der Waals surface area (Å²) in [4.78, 5) is 19.2. The van der Waals surface area contributed by atoms with Crippen molar-refractivity contribution in [3.63, 3.8) is 0 Å². The molecule has 106 valence electrons. The number of hydrogen-bond acceptors (Lipinski definition) is 5. The van der Waals surface area contributed by atoms with Crippen LogP contribution in [-0.4, -0.2) is 31.5 Å². The highest BCUT2D eigenvalue weighted by atomic mass is 16.5. The minimum absolute atomic E-state index is 0.100. The predicted molar refractivity (Wildman–Crippen MR) is 66.1 cm³/mol. The van der Waals surface area contributed by atoms with E-state index in [2.05, 4.69) is 10.5 Å². The molecule has 0 spiro atoms. The molecular formula is C11H16N2O6. The molecule has 8 heteroatoms. The molecule has 0 fully saturated rings. The van der Waals surface area contributed by atoms with Gasteiger partial charge >= 0.3 is 12.2 Å². The second kappa shape index (κ2) is 8.45. The van der Waals surface area contributed by atoms with Gasteiger partial charge in [0.25, 0.3) is 0 Å². The summed E-state index contributed by atoms with van der Waals surface area (Å²) in [7, 11) is 3.10. The topological polar surface area (TPSA) is 134 Å². The van der Waals surface area contributed by atoms with Crippen molar-refractivity contribution in [2.24, 2.45) is 11.5 Å². The van der Waals surface area contributed by atoms with Gasteiger partial charge in [-0.25, -0.2) is 9.59 Å². The molecule has 8 nitrogen and oxygen atoms in total. The van der Waals surface area contributed by atoms with Crippen molar-refractivity contribution >= 4 is 12.2 Å². The zero-order valence-electron chi connectivity index (χ0n) is 10.6. The van der Waals surface area contributed by atoms with Gasteiger partial charge in [0.05, 0.1) is 14.2 Å². The first-order chi connectivity index (χ1) is 8.88. The van der Waals surface area contributed by atoms with Crippen LogP contribution >= 0.6 is 0 Å². The van der Waals surface area contributed by atoms with E-state index in [-0.39, 0.29) is 6.61 Å². The van der Waals surface area contributed by atoms with Gasteiger partial charge in [-0.2, -0.15) is 0 Å². The van der Waals surface area contributed by atoms with Crippen LogP contribution in [0.2, 0.25) is 0 Å². The number of carbonyl (C=O) groups excluding carboxylic acids is 1. The lowest BCUT2D eigenvalue weighted by molar-refractivity contribution is 0.150. The fraction of sp³-hybridized carbons (Fsp3) is 0.273. The van der Waals surface area contributed by atoms with Crippen LogP contribution in [0.25, 0.3) is 0 Å². The number of nitrogens with two attached hydrogens (primary N) is 2. The van der Waals surface area contributed by atoms with E-state index in [1.54, 1.807) is 32.4 Å². The van der Waals surface area contributed by atoms with Crippen LogP contribution in [0.5, 0.6) is 11.5 Å². The highest BCUT2D eigenvalue weighted by Crippen LogP contribution is 2.22. The van der Waals surface area contributed by atoms with Gasteiger partial charge < -0.3 is 30.8 Å². The van der Waals surface area contributed by atoms with Crippen LogP contribution in [-0.2, 0) is 11.3 Å². The van der Waals surface area contributed by atoms with Gasteiger partial charge in [0, 0.05) is 6.07 Å². The van der Waals surface area contributed by atoms with Crippen molar-refractivity contribution < 1.29 is 28.9 Å². The Morgan fingerprint density at radius 3 is 1.84 bits per heavy atom. The SMILES string of the molecule is COc1cc(COC(N)=O)cc(OC)c1.NC(=O)O. The Bertz CT molecular complexity index is 409. The van der Waals surface area contributed by atoms with Crippen LogP contribution in [0.4, 0.5) is 9.59 Å². The molecule has 0 saturated carbocycles. The van der Waals surface area contributed by atoms with Crippen LogP contribution in [0.3, 0.4) is 0 Å². The molecule has 0 heterocycles. The van der Waals surface area contributed by atoms with Gasteiger partial charge in [-0.05, 0) is 17.7 Å². The highest BCUT2D eigenvalue weighted by molar-refractivity contribution is 5.64. The molecule has 0 aliphatic carbocycles. The van der Waals surface area contributed by atoms with Crippen LogP contribution in [0.15, 0.2) is 18.2 Å². The molecule has 1 rings (SSSR count). The van der Waals surface area contributed by atoms with Gasteiger partial charge in [0.2, 0.25) is 0 Å². The number of amides is 2. The maximum absolute atomic E-state index is 10.4. The van der Waals surface area contributed by atoms with Crippen molar-refractivity contribution in [1.82, 2.24) is 0 Å². The lowest BCUT2D eigenvalue weighted by Crippen LogP contribution is -2.12. The summed E-state index contributed by atoms with van der Waals surface area (Å²) in [6.45, 7) is 0.100. The predicted octanol–water partition coefficient (Wildman–Crippen LogP) is 0.922. The van der Waals surface area contributed by atoms with E-state index in [9.17, 15) is 4.79 Å². The summed E-state index contributed by atoms with van der Waals surface area (Å²) in [5, 5.41) is 7.19. The van der Waals surface area contributed by atoms with Gasteiger partial charge in [0.1, 0.15) is 18.1 Å². The minimum atomic E-state index is -1.33. The van der Waals surface area contributed by atoms with Crippen molar-refractivity contribution in [1.29, 1.82) is 0 Å². The van der Waals surface area contributed by atoms with E-state index in [4.69, 9.17) is 25.1 Å². The summed E-state index contributed by atoms with van der Waals surface area (Å²) in [5.41, 5.74) is 9.64. The van der Waals surface area contributed by atoms with Gasteiger partial charge in [-0.15, -0.1) is 0 Å². The normalized spacial score (nSPS) is 8.74. The molecule has 0 bridgehead atoms. The number of benzene rings is 1. The Kier molecular flexibility index (Phi) is 7.28. The first-order valence-corrected chi connectivity index (χ1v) is 5.01. The number of methoxy groups -OCH3 is 2. The Hall–Kier alpha value is -2.64. The number of carboxylic acid groups (broad SMARTS) is 1. The van der Waals surface area contributed by atoms with Crippen molar-refractivity contribution in [3.05, 3.63) is 23.8 Å². The second-order valence-corrected chi connectivity index (χ2v) is 3.17. The molecule has 0 aliphatic rings. The molecule has 0 radical (unpaired) electrons. The van der Waals surface area contributed by atoms with E-state index in [0.717, 1.165) is 5.56 Å². The smallest absolute Gasteiger partial charge is 0.404 e. The highest BCUT2D eigenvalue weighted by Gasteiger charge is 2.03. The maximum Gasteiger partial charge on any atom is 0.404 e. The van der Waals surface area contributed by atoms with Crippen LogP contribution < -0.4 is 20.9 Å². The monoisotopic (exact) mass is 272 g/mol. The molecule has 1 aromatic rings. The van der Waals surface area contributed by atoms with Crippen molar-refractivity contribution in [2.45, 2.75) is 6.61 Å². The maximum atomic E-state index is 10.4. The fourth-order valence-corrected chi connectivity index (χ4v) is 1.10. The lowest BCUT2D eigenvalue weighted by Gasteiger charge is -2.08. The van der Waals surface area contributed by atoms with Gasteiger partial charge in [-0.1, -0.05) is 0 Å². The Morgan fingerprint density at radius 1 is 1.11 bits per heavy atom. The van der Waals surface area contributed by atoms with E-state index in [0.29, 0.717) is 11.5 Å². The Balaban J connectivity index is 0.000000711. The van der Waals surface area contributed by atoms with E-state index in [1.165, 1.54) is 0 Å². The molecule has 0 unspecified atom stereocenters. The third-order valence-corrected chi connectivity index (χ3v) is 1.79. The largest absolute Gasteiger partial charge is 0.497 e. The molecular weight excluding hydrogens is 256 g/mol. The summed E-state index contributed by atoms with van der Waals surface area (Å²) < 4.78 is 14.8. The summed E-state index contributed by atoms with van der Waals surface area (Å²) >= 11 is 0. The quantitative estimate of drug-likeness (QED) is 0.746. The molecule has 0 atom stereocenters. The Labute approximate surface area is 109 Å². The molecule has 2 amide bonds. The van der Waals surface area contributed by atoms with Crippen molar-refractivity contribution in [3.8, 4) is 11.5 Å². The number of rotatable bonds is 4. The fourth-order valence-electron chi connectivity index (χ4n) is 1.10. The molecule has 0 saturated heterocycles. The molecule has 0 aliphatic heterocycles. The first kappa shape index (κ1) is 16.4. The Morgan fingerprint density at radius 2 is 1.53 bits per heavy atom. The standard InChI is InChI=1S/C10H13NO4.CH3NO2/c1-13-8-3-7(6-15-10(11)12)4-9(5-8)14-2;2-1(3)4/h3-5H,6H2,1-2H3,(H2,11,12);2H2,(H,3,4). The summed E-state index contributed by atoms with van der Waals surface area (Å²) in [6.07, 6.45) is -2.14. The minimum Gasteiger partial charge on any atom is -0.497 e. The average Bonchev–Trinajstić information content (AvgIpc) is 2.35. The second-order valence-electron chi connectivity index (χ2n) is 3.17. The molecule has 0 aromatic heterocycles. The number of hydrogen-bond donors (Lipinski definition) is 3. The zero-order valence-corrected chi connectivity index (χ0v) is 10.6. The van der Waals surface area contributed by atoms with Gasteiger partial charge in [0.15, 0.2) is 0 Å². The summed E-state index contributed by atoms with van der Waals surface area (Å²) in [5.74, 6) is 1.27. The van der Waals surface area contributed by atoms with Crippen LogP contribution in [0, 0.1) is 0 Å². The third-order valence-electron chi connectivity index (χ3n) is 1.79. The zero-order chi connectivity index (χ0) is 14.8. The number of ether oxygens (including phenoxy) is 3. The van der Waals surface area contributed by atoms with E-state index in [1.807, 2.05) is 0 Å². The van der Waals surface area contributed by atoms with Crippen LogP contribution in [0.1, 0.15) is 5.56 Å². The van der Waals surface area contributed by atoms with Crippen molar-refractivity contribution in [2.75, 3.05) is 14.2 Å². The average molecular weight is 272 g/mol.